The van der Waals surface area contributed by atoms with E-state index in [-0.39, 0.29) is 43.7 Å². The third-order valence-corrected chi connectivity index (χ3v) is 7.86. The molecule has 0 aliphatic carbocycles. The molecule has 0 aliphatic heterocycles. The van der Waals surface area contributed by atoms with Crippen molar-refractivity contribution >= 4 is 62.3 Å². The number of nitrogens with zero attached hydrogens (tertiary/aromatic N) is 2. The first kappa shape index (κ1) is 31.2. The summed E-state index contributed by atoms with van der Waals surface area (Å²) >= 11 is 18.2. The highest BCUT2D eigenvalue weighted by molar-refractivity contribution is 7.92. The first-order valence-corrected chi connectivity index (χ1v) is 15.1. The highest BCUT2D eigenvalue weighted by Gasteiger charge is 2.29. The standard InChI is InChI=1S/C26H34Cl3N3O4S/c1-5-24(26(34)30-16-18(2)3)31(17-19-8-13-22(28)23(29)15-19)25(33)7-6-14-32(37(4,35)36)21-11-9-20(27)10-12-21/h8-13,15,18,24H,5-7,14,16-17H2,1-4H3,(H,30,34)/t24-/m1/s1. The van der Waals surface area contributed by atoms with Crippen molar-refractivity contribution < 1.29 is 18.0 Å². The molecule has 0 bridgehead atoms. The molecular formula is C26H34Cl3N3O4S. The molecule has 2 aromatic carbocycles. The van der Waals surface area contributed by atoms with Crippen molar-refractivity contribution in [2.75, 3.05) is 23.7 Å². The van der Waals surface area contributed by atoms with E-state index < -0.39 is 16.1 Å². The molecule has 1 N–H and O–H groups in total. The zero-order valence-electron chi connectivity index (χ0n) is 21.5. The van der Waals surface area contributed by atoms with E-state index in [9.17, 15) is 18.0 Å². The monoisotopic (exact) mass is 589 g/mol. The number of rotatable bonds is 13. The van der Waals surface area contributed by atoms with Gasteiger partial charge in [0.15, 0.2) is 0 Å². The molecule has 0 saturated heterocycles. The Labute approximate surface area is 235 Å². The number of hydrogen-bond donors (Lipinski definition) is 1. The predicted molar refractivity (Wildman–Crippen MR) is 152 cm³/mol. The Balaban J connectivity index is 2.23. The molecule has 37 heavy (non-hydrogen) atoms. The molecule has 0 saturated carbocycles. The van der Waals surface area contributed by atoms with Crippen LogP contribution >= 0.6 is 34.8 Å². The van der Waals surface area contributed by atoms with Crippen LogP contribution in [0, 0.1) is 5.92 Å². The lowest BCUT2D eigenvalue weighted by Gasteiger charge is -2.31. The second kappa shape index (κ2) is 14.2. The molecule has 0 heterocycles. The van der Waals surface area contributed by atoms with Gasteiger partial charge in [0.1, 0.15) is 6.04 Å². The molecule has 0 radical (unpaired) electrons. The molecule has 1 atom stereocenters. The number of anilines is 1. The van der Waals surface area contributed by atoms with Crippen LogP contribution in [0.2, 0.25) is 15.1 Å². The summed E-state index contributed by atoms with van der Waals surface area (Å²) in [6.45, 7) is 6.59. The minimum Gasteiger partial charge on any atom is -0.354 e. The maximum absolute atomic E-state index is 13.5. The summed E-state index contributed by atoms with van der Waals surface area (Å²) in [6.07, 6.45) is 1.84. The van der Waals surface area contributed by atoms with Crippen LogP contribution in [0.1, 0.15) is 45.6 Å². The summed E-state index contributed by atoms with van der Waals surface area (Å²) < 4.78 is 26.1. The summed E-state index contributed by atoms with van der Waals surface area (Å²) in [5, 5.41) is 4.16. The summed E-state index contributed by atoms with van der Waals surface area (Å²) in [5.74, 6) is -0.235. The molecule has 2 amide bonds. The lowest BCUT2D eigenvalue weighted by molar-refractivity contribution is -0.141. The van der Waals surface area contributed by atoms with Gasteiger partial charge in [-0.05, 0) is 60.7 Å². The van der Waals surface area contributed by atoms with Gasteiger partial charge in [0, 0.05) is 31.1 Å². The largest absolute Gasteiger partial charge is 0.354 e. The van der Waals surface area contributed by atoms with Gasteiger partial charge in [-0.25, -0.2) is 8.42 Å². The van der Waals surface area contributed by atoms with Crippen LogP contribution in [0.3, 0.4) is 0 Å². The van der Waals surface area contributed by atoms with Crippen molar-refractivity contribution in [3.63, 3.8) is 0 Å². The molecule has 0 aromatic heterocycles. The molecular weight excluding hydrogens is 557 g/mol. The predicted octanol–water partition coefficient (Wildman–Crippen LogP) is 5.77. The third-order valence-electron chi connectivity index (χ3n) is 5.67. The van der Waals surface area contributed by atoms with Crippen LogP contribution in [0.4, 0.5) is 5.69 Å². The fourth-order valence-corrected chi connectivity index (χ4v) is 5.20. The SMILES string of the molecule is CC[C@H](C(=O)NCC(C)C)N(Cc1ccc(Cl)c(Cl)c1)C(=O)CCCN(c1ccc(Cl)cc1)S(C)(=O)=O. The number of carbonyl (C=O) groups excluding carboxylic acids is 2. The average Bonchev–Trinajstić information content (AvgIpc) is 2.82. The molecule has 7 nitrogen and oxygen atoms in total. The minimum atomic E-state index is -3.58. The first-order valence-electron chi connectivity index (χ1n) is 12.1. The number of nitrogens with one attached hydrogen (secondary N) is 1. The lowest BCUT2D eigenvalue weighted by Crippen LogP contribution is -2.49. The average molecular weight is 591 g/mol. The van der Waals surface area contributed by atoms with E-state index in [1.807, 2.05) is 20.8 Å². The molecule has 0 spiro atoms. The number of hydrogen-bond acceptors (Lipinski definition) is 4. The van der Waals surface area contributed by atoms with Gasteiger partial charge in [-0.15, -0.1) is 0 Å². The fourth-order valence-electron chi connectivity index (χ4n) is 3.79. The van der Waals surface area contributed by atoms with Gasteiger partial charge in [0.2, 0.25) is 21.8 Å². The van der Waals surface area contributed by atoms with E-state index in [0.29, 0.717) is 33.7 Å². The first-order chi connectivity index (χ1) is 17.3. The maximum atomic E-state index is 13.5. The fraction of sp³-hybridized carbons (Fsp3) is 0.462. The molecule has 0 unspecified atom stereocenters. The van der Waals surface area contributed by atoms with Crippen molar-refractivity contribution in [2.24, 2.45) is 5.92 Å². The zero-order chi connectivity index (χ0) is 27.8. The quantitative estimate of drug-likeness (QED) is 0.321. The van der Waals surface area contributed by atoms with Gasteiger partial charge in [0.05, 0.1) is 22.0 Å². The van der Waals surface area contributed by atoms with Gasteiger partial charge < -0.3 is 10.2 Å². The molecule has 0 fully saturated rings. The van der Waals surface area contributed by atoms with Crippen LogP contribution in [0.15, 0.2) is 42.5 Å². The van der Waals surface area contributed by atoms with E-state index in [1.165, 1.54) is 9.21 Å². The normalized spacial score (nSPS) is 12.3. The van der Waals surface area contributed by atoms with Crippen molar-refractivity contribution in [2.45, 2.75) is 52.6 Å². The molecule has 2 aromatic rings. The van der Waals surface area contributed by atoms with Crippen molar-refractivity contribution in [3.05, 3.63) is 63.1 Å². The Kier molecular flexibility index (Phi) is 12.0. The summed E-state index contributed by atoms with van der Waals surface area (Å²) in [6, 6.07) is 10.9. The van der Waals surface area contributed by atoms with E-state index in [4.69, 9.17) is 34.8 Å². The van der Waals surface area contributed by atoms with Gasteiger partial charge in [-0.1, -0.05) is 61.6 Å². The summed E-state index contributed by atoms with van der Waals surface area (Å²) in [7, 11) is -3.58. The summed E-state index contributed by atoms with van der Waals surface area (Å²) in [4.78, 5) is 28.0. The van der Waals surface area contributed by atoms with Crippen LogP contribution in [0.5, 0.6) is 0 Å². The maximum Gasteiger partial charge on any atom is 0.242 e. The molecule has 204 valence electrons. The van der Waals surface area contributed by atoms with Gasteiger partial charge in [-0.3, -0.25) is 13.9 Å². The lowest BCUT2D eigenvalue weighted by atomic mass is 10.1. The number of sulfonamides is 1. The van der Waals surface area contributed by atoms with Crippen LogP contribution in [-0.2, 0) is 26.2 Å². The van der Waals surface area contributed by atoms with E-state index in [1.54, 1.807) is 42.5 Å². The highest BCUT2D eigenvalue weighted by Crippen LogP contribution is 2.25. The van der Waals surface area contributed by atoms with Crippen molar-refractivity contribution in [1.29, 1.82) is 0 Å². The van der Waals surface area contributed by atoms with E-state index >= 15 is 0 Å². The van der Waals surface area contributed by atoms with Gasteiger partial charge in [-0.2, -0.15) is 0 Å². The van der Waals surface area contributed by atoms with Crippen molar-refractivity contribution in [3.8, 4) is 0 Å². The molecule has 2 rings (SSSR count). The van der Waals surface area contributed by atoms with E-state index in [2.05, 4.69) is 5.32 Å². The molecule has 0 aliphatic rings. The van der Waals surface area contributed by atoms with Gasteiger partial charge in [0.25, 0.3) is 0 Å². The third kappa shape index (κ3) is 9.67. The number of benzene rings is 2. The smallest absolute Gasteiger partial charge is 0.242 e. The zero-order valence-corrected chi connectivity index (χ0v) is 24.6. The second-order valence-electron chi connectivity index (χ2n) is 9.25. The Morgan fingerprint density at radius 3 is 2.19 bits per heavy atom. The summed E-state index contributed by atoms with van der Waals surface area (Å²) in [5.41, 5.74) is 1.20. The van der Waals surface area contributed by atoms with Crippen LogP contribution in [-0.4, -0.2) is 50.5 Å². The number of halogens is 3. The Morgan fingerprint density at radius 2 is 1.65 bits per heavy atom. The second-order valence-corrected chi connectivity index (χ2v) is 12.4. The minimum absolute atomic E-state index is 0.0505. The Hall–Kier alpha value is -2.00. The highest BCUT2D eigenvalue weighted by atomic mass is 35.5. The van der Waals surface area contributed by atoms with Crippen molar-refractivity contribution in [1.82, 2.24) is 10.2 Å². The van der Waals surface area contributed by atoms with Crippen LogP contribution in [0.25, 0.3) is 0 Å². The van der Waals surface area contributed by atoms with Crippen LogP contribution < -0.4 is 9.62 Å². The van der Waals surface area contributed by atoms with Gasteiger partial charge >= 0.3 is 0 Å². The number of carbonyl (C=O) groups is 2. The Morgan fingerprint density at radius 1 is 1.00 bits per heavy atom. The number of amides is 2. The topological polar surface area (TPSA) is 86.8 Å². The Bertz CT molecular complexity index is 1170. The van der Waals surface area contributed by atoms with E-state index in [0.717, 1.165) is 11.8 Å². The molecule has 11 heteroatoms.